The van der Waals surface area contributed by atoms with Crippen molar-refractivity contribution in [2.45, 2.75) is 52.9 Å². The highest BCUT2D eigenvalue weighted by atomic mass is 16.3. The molecular formula is C13H27NO. The second-order valence-corrected chi connectivity index (χ2v) is 5.94. The Kier molecular flexibility index (Phi) is 4.60. The van der Waals surface area contributed by atoms with Crippen LogP contribution in [0.1, 0.15) is 52.9 Å². The van der Waals surface area contributed by atoms with Crippen LogP contribution in [0.4, 0.5) is 0 Å². The highest BCUT2D eigenvalue weighted by Crippen LogP contribution is 2.36. The van der Waals surface area contributed by atoms with Crippen LogP contribution in [0, 0.1) is 10.8 Å². The van der Waals surface area contributed by atoms with Crippen molar-refractivity contribution in [1.29, 1.82) is 0 Å². The normalized spacial score (nSPS) is 24.0. The van der Waals surface area contributed by atoms with E-state index in [0.717, 1.165) is 19.5 Å². The Balaban J connectivity index is 2.25. The number of rotatable bonds is 6. The lowest BCUT2D eigenvalue weighted by molar-refractivity contribution is 0.130. The summed E-state index contributed by atoms with van der Waals surface area (Å²) in [5.74, 6) is 0. The summed E-state index contributed by atoms with van der Waals surface area (Å²) in [5, 5.41) is 12.9. The molecule has 0 aromatic rings. The molecule has 90 valence electrons. The van der Waals surface area contributed by atoms with Crippen molar-refractivity contribution in [2.24, 2.45) is 10.8 Å². The van der Waals surface area contributed by atoms with Gasteiger partial charge in [0.15, 0.2) is 0 Å². The molecule has 0 aliphatic heterocycles. The first-order valence-electron chi connectivity index (χ1n) is 6.35. The van der Waals surface area contributed by atoms with E-state index in [9.17, 15) is 5.11 Å². The van der Waals surface area contributed by atoms with E-state index in [1.54, 1.807) is 0 Å². The summed E-state index contributed by atoms with van der Waals surface area (Å²) in [7, 11) is 0. The summed E-state index contributed by atoms with van der Waals surface area (Å²) in [5.41, 5.74) is 0.582. The van der Waals surface area contributed by atoms with E-state index >= 15 is 0 Å². The molecule has 1 fully saturated rings. The molecule has 0 heterocycles. The van der Waals surface area contributed by atoms with E-state index in [0.29, 0.717) is 5.41 Å². The predicted octanol–water partition coefficient (Wildman–Crippen LogP) is 2.56. The molecular weight excluding hydrogens is 186 g/mol. The van der Waals surface area contributed by atoms with Crippen molar-refractivity contribution in [1.82, 2.24) is 5.32 Å². The summed E-state index contributed by atoms with van der Waals surface area (Å²) in [4.78, 5) is 0. The third kappa shape index (κ3) is 3.76. The van der Waals surface area contributed by atoms with Gasteiger partial charge in [0.05, 0.1) is 0 Å². The van der Waals surface area contributed by atoms with Gasteiger partial charge in [0.25, 0.3) is 0 Å². The van der Waals surface area contributed by atoms with Gasteiger partial charge in [-0.1, -0.05) is 33.6 Å². The fourth-order valence-corrected chi connectivity index (χ4v) is 2.36. The summed E-state index contributed by atoms with van der Waals surface area (Å²) < 4.78 is 0. The number of hydrogen-bond donors (Lipinski definition) is 2. The first-order chi connectivity index (χ1) is 7.04. The van der Waals surface area contributed by atoms with Gasteiger partial charge in [0, 0.05) is 25.1 Å². The van der Waals surface area contributed by atoms with Crippen molar-refractivity contribution in [3.63, 3.8) is 0 Å². The van der Waals surface area contributed by atoms with Crippen molar-refractivity contribution in [2.75, 3.05) is 19.7 Å². The van der Waals surface area contributed by atoms with Gasteiger partial charge in [0.2, 0.25) is 0 Å². The molecule has 1 aliphatic carbocycles. The van der Waals surface area contributed by atoms with Crippen molar-refractivity contribution in [3.05, 3.63) is 0 Å². The molecule has 1 rings (SSSR count). The van der Waals surface area contributed by atoms with E-state index in [1.165, 1.54) is 25.7 Å². The van der Waals surface area contributed by atoms with E-state index in [2.05, 4.69) is 26.1 Å². The average molecular weight is 213 g/mol. The van der Waals surface area contributed by atoms with Crippen LogP contribution in [0.3, 0.4) is 0 Å². The molecule has 1 saturated carbocycles. The molecule has 15 heavy (non-hydrogen) atoms. The van der Waals surface area contributed by atoms with Gasteiger partial charge in [-0.3, -0.25) is 0 Å². The number of hydrogen-bond acceptors (Lipinski definition) is 2. The molecule has 2 nitrogen and oxygen atoms in total. The van der Waals surface area contributed by atoms with E-state index in [-0.39, 0.29) is 12.0 Å². The molecule has 0 bridgehead atoms. The highest BCUT2D eigenvalue weighted by molar-refractivity contribution is 4.84. The zero-order valence-electron chi connectivity index (χ0n) is 10.6. The van der Waals surface area contributed by atoms with Gasteiger partial charge in [-0.2, -0.15) is 0 Å². The van der Waals surface area contributed by atoms with Gasteiger partial charge in [-0.15, -0.1) is 0 Å². The maximum atomic E-state index is 9.30. The van der Waals surface area contributed by atoms with Gasteiger partial charge in [-0.25, -0.2) is 0 Å². The number of aliphatic hydroxyl groups excluding tert-OH is 1. The number of aliphatic hydroxyl groups is 1. The zero-order valence-corrected chi connectivity index (χ0v) is 10.6. The Hall–Kier alpha value is -0.0800. The largest absolute Gasteiger partial charge is 0.396 e. The van der Waals surface area contributed by atoms with Crippen LogP contribution in [0.25, 0.3) is 0 Å². The van der Waals surface area contributed by atoms with Crippen LogP contribution in [0.5, 0.6) is 0 Å². The lowest BCUT2D eigenvalue weighted by Gasteiger charge is -2.30. The monoisotopic (exact) mass is 213 g/mol. The van der Waals surface area contributed by atoms with Gasteiger partial charge in [0.1, 0.15) is 0 Å². The Morgan fingerprint density at radius 2 is 1.93 bits per heavy atom. The maximum absolute atomic E-state index is 9.30. The van der Waals surface area contributed by atoms with E-state index in [1.807, 2.05) is 0 Å². The molecule has 0 aromatic carbocycles. The van der Waals surface area contributed by atoms with Gasteiger partial charge >= 0.3 is 0 Å². The molecule has 2 heteroatoms. The lowest BCUT2D eigenvalue weighted by atomic mass is 9.86. The van der Waals surface area contributed by atoms with E-state index < -0.39 is 0 Å². The Labute approximate surface area is 94.5 Å². The van der Waals surface area contributed by atoms with Gasteiger partial charge < -0.3 is 10.4 Å². The fraction of sp³-hybridized carbons (Fsp3) is 1.00. The van der Waals surface area contributed by atoms with E-state index in [4.69, 9.17) is 0 Å². The SMILES string of the molecule is CCC(C)(CO)CNCC1(C)CCCC1. The van der Waals surface area contributed by atoms with Crippen LogP contribution in [-0.4, -0.2) is 24.8 Å². The molecule has 0 saturated heterocycles. The molecule has 0 radical (unpaired) electrons. The summed E-state index contributed by atoms with van der Waals surface area (Å²) in [6.07, 6.45) is 6.55. The third-order valence-electron chi connectivity index (χ3n) is 4.15. The molecule has 0 aromatic heterocycles. The molecule has 1 aliphatic rings. The first kappa shape index (κ1) is 13.0. The average Bonchev–Trinajstić information content (AvgIpc) is 2.65. The topological polar surface area (TPSA) is 32.3 Å². The minimum atomic E-state index is 0.0644. The number of nitrogens with one attached hydrogen (secondary N) is 1. The quantitative estimate of drug-likeness (QED) is 0.711. The Morgan fingerprint density at radius 3 is 2.40 bits per heavy atom. The molecule has 2 N–H and O–H groups in total. The van der Waals surface area contributed by atoms with Crippen LogP contribution in [0.2, 0.25) is 0 Å². The second-order valence-electron chi connectivity index (χ2n) is 5.94. The first-order valence-corrected chi connectivity index (χ1v) is 6.35. The zero-order chi connectivity index (χ0) is 11.4. The molecule has 0 amide bonds. The van der Waals surface area contributed by atoms with Crippen molar-refractivity contribution >= 4 is 0 Å². The molecule has 0 spiro atoms. The predicted molar refractivity (Wildman–Crippen MR) is 64.9 cm³/mol. The molecule has 1 atom stereocenters. The van der Waals surface area contributed by atoms with Crippen LogP contribution < -0.4 is 5.32 Å². The van der Waals surface area contributed by atoms with Crippen LogP contribution in [0.15, 0.2) is 0 Å². The minimum Gasteiger partial charge on any atom is -0.396 e. The van der Waals surface area contributed by atoms with Crippen molar-refractivity contribution in [3.8, 4) is 0 Å². The maximum Gasteiger partial charge on any atom is 0.0496 e. The lowest BCUT2D eigenvalue weighted by Crippen LogP contribution is -2.39. The Morgan fingerprint density at radius 1 is 1.33 bits per heavy atom. The van der Waals surface area contributed by atoms with Crippen LogP contribution in [-0.2, 0) is 0 Å². The summed E-state index contributed by atoms with van der Waals surface area (Å²) in [6, 6.07) is 0. The molecule has 1 unspecified atom stereocenters. The standard InChI is InChI=1S/C13H27NO/c1-4-12(2,11-15)9-14-10-13(3)7-5-6-8-13/h14-15H,4-11H2,1-3H3. The highest BCUT2D eigenvalue weighted by Gasteiger charge is 2.29. The smallest absolute Gasteiger partial charge is 0.0496 e. The second kappa shape index (κ2) is 5.31. The summed E-state index contributed by atoms with van der Waals surface area (Å²) in [6.45, 7) is 9.02. The fourth-order valence-electron chi connectivity index (χ4n) is 2.36. The Bertz CT molecular complexity index is 177. The van der Waals surface area contributed by atoms with Gasteiger partial charge in [-0.05, 0) is 24.7 Å². The summed E-state index contributed by atoms with van der Waals surface area (Å²) >= 11 is 0. The third-order valence-corrected chi connectivity index (χ3v) is 4.15. The minimum absolute atomic E-state index is 0.0644. The van der Waals surface area contributed by atoms with Crippen LogP contribution >= 0.6 is 0 Å². The van der Waals surface area contributed by atoms with Crippen molar-refractivity contribution < 1.29 is 5.11 Å².